The first kappa shape index (κ1) is 25.0. The van der Waals surface area contributed by atoms with Gasteiger partial charge in [0.05, 0.1) is 11.1 Å². The summed E-state index contributed by atoms with van der Waals surface area (Å²) in [6, 6.07) is 10.9. The summed E-state index contributed by atoms with van der Waals surface area (Å²) >= 11 is 0. The van der Waals surface area contributed by atoms with Gasteiger partial charge in [0.2, 0.25) is 0 Å². The zero-order valence-electron chi connectivity index (χ0n) is 20.2. The summed E-state index contributed by atoms with van der Waals surface area (Å²) in [5.74, 6) is -1.83. The molecule has 0 saturated carbocycles. The minimum Gasteiger partial charge on any atom is -0.478 e. The van der Waals surface area contributed by atoms with Crippen molar-refractivity contribution in [1.82, 2.24) is 0 Å². The highest BCUT2D eigenvalue weighted by molar-refractivity contribution is 5.93. The maximum atomic E-state index is 11.8. The molecule has 0 bridgehead atoms. The Morgan fingerprint density at radius 3 is 1.39 bits per heavy atom. The highest BCUT2D eigenvalue weighted by Crippen LogP contribution is 2.54. The maximum Gasteiger partial charge on any atom is 0.335 e. The number of hydrogen-bond acceptors (Lipinski definition) is 2. The van der Waals surface area contributed by atoms with Crippen molar-refractivity contribution in [3.05, 3.63) is 58.7 Å². The van der Waals surface area contributed by atoms with Gasteiger partial charge in [0.1, 0.15) is 0 Å². The van der Waals surface area contributed by atoms with Crippen molar-refractivity contribution < 1.29 is 19.8 Å². The Balaban J connectivity index is 2.06. The van der Waals surface area contributed by atoms with Gasteiger partial charge in [-0.25, -0.2) is 9.59 Å². The van der Waals surface area contributed by atoms with Crippen molar-refractivity contribution in [2.45, 2.75) is 96.3 Å². The van der Waals surface area contributed by atoms with Gasteiger partial charge in [-0.3, -0.25) is 0 Å². The van der Waals surface area contributed by atoms with Crippen molar-refractivity contribution in [3.8, 4) is 11.1 Å². The molecule has 0 fully saturated rings. The maximum absolute atomic E-state index is 11.8. The predicted octanol–water partition coefficient (Wildman–Crippen LogP) is 8.07. The number of benzene rings is 2. The Hall–Kier alpha value is -2.62. The molecular formula is C29H38O4. The van der Waals surface area contributed by atoms with E-state index >= 15 is 0 Å². The molecule has 0 saturated heterocycles. The second kappa shape index (κ2) is 11.5. The van der Waals surface area contributed by atoms with Crippen LogP contribution in [-0.2, 0) is 5.41 Å². The number of carboxylic acid groups (broad SMARTS) is 2. The number of fused-ring (bicyclic) bond motifs is 3. The van der Waals surface area contributed by atoms with Crippen LogP contribution < -0.4 is 0 Å². The zero-order chi connectivity index (χ0) is 23.8. The van der Waals surface area contributed by atoms with Gasteiger partial charge in [-0.05, 0) is 59.4 Å². The smallest absolute Gasteiger partial charge is 0.335 e. The Bertz CT molecular complexity index is 896. The molecule has 4 nitrogen and oxygen atoms in total. The van der Waals surface area contributed by atoms with E-state index in [4.69, 9.17) is 0 Å². The van der Waals surface area contributed by atoms with Gasteiger partial charge < -0.3 is 10.2 Å². The van der Waals surface area contributed by atoms with Crippen LogP contribution in [0.2, 0.25) is 0 Å². The quantitative estimate of drug-likeness (QED) is 0.285. The van der Waals surface area contributed by atoms with E-state index in [9.17, 15) is 19.8 Å². The van der Waals surface area contributed by atoms with Crippen LogP contribution in [0.15, 0.2) is 36.4 Å². The first-order chi connectivity index (χ1) is 15.9. The molecule has 0 heterocycles. The van der Waals surface area contributed by atoms with Crippen LogP contribution in [-0.4, -0.2) is 22.2 Å². The van der Waals surface area contributed by atoms with E-state index in [1.807, 2.05) is 24.3 Å². The van der Waals surface area contributed by atoms with E-state index in [0.29, 0.717) is 11.1 Å². The van der Waals surface area contributed by atoms with Crippen LogP contribution >= 0.6 is 0 Å². The molecule has 0 unspecified atom stereocenters. The van der Waals surface area contributed by atoms with Crippen molar-refractivity contribution >= 4 is 11.9 Å². The molecule has 2 N–H and O–H groups in total. The van der Waals surface area contributed by atoms with Gasteiger partial charge in [-0.2, -0.15) is 0 Å². The normalized spacial score (nSPS) is 13.5. The molecule has 0 spiro atoms. The topological polar surface area (TPSA) is 74.6 Å². The molecule has 33 heavy (non-hydrogen) atoms. The van der Waals surface area contributed by atoms with E-state index in [1.54, 1.807) is 12.1 Å². The first-order valence-corrected chi connectivity index (χ1v) is 12.7. The van der Waals surface area contributed by atoms with E-state index in [1.165, 1.54) is 38.5 Å². The lowest BCUT2D eigenvalue weighted by Gasteiger charge is -2.33. The standard InChI is InChI=1S/C29H38O4/c1-3-5-7-9-11-17-29(18-12-10-8-6-4-2)25-19-21(27(30)31)13-15-23(25)24-16-14-22(28(32)33)20-26(24)29/h13-16,19-20H,3-12,17-18H2,1-2H3,(H,30,31)(H,32,33). The SMILES string of the molecule is CCCCCCCC1(CCCCCCC)c2cc(C(=O)O)ccc2-c2ccc(C(=O)O)cc21. The van der Waals surface area contributed by atoms with Crippen molar-refractivity contribution in [2.24, 2.45) is 0 Å². The van der Waals surface area contributed by atoms with Crippen molar-refractivity contribution in [3.63, 3.8) is 0 Å². The highest BCUT2D eigenvalue weighted by Gasteiger charge is 2.43. The number of rotatable bonds is 14. The third-order valence-corrected chi connectivity index (χ3v) is 7.27. The minimum atomic E-state index is -0.917. The Labute approximate surface area is 198 Å². The second-order valence-corrected chi connectivity index (χ2v) is 9.54. The summed E-state index contributed by atoms with van der Waals surface area (Å²) in [5.41, 5.74) is 4.57. The molecule has 4 heteroatoms. The zero-order valence-corrected chi connectivity index (χ0v) is 20.2. The first-order valence-electron chi connectivity index (χ1n) is 12.7. The van der Waals surface area contributed by atoms with Crippen LogP contribution in [0.4, 0.5) is 0 Å². The highest BCUT2D eigenvalue weighted by atomic mass is 16.4. The molecule has 0 atom stereocenters. The minimum absolute atomic E-state index is 0.307. The number of aromatic carboxylic acids is 2. The molecule has 2 aromatic rings. The summed E-state index contributed by atoms with van der Waals surface area (Å²) < 4.78 is 0. The molecule has 0 radical (unpaired) electrons. The average Bonchev–Trinajstić information content (AvgIpc) is 3.07. The van der Waals surface area contributed by atoms with Crippen LogP contribution in [0.1, 0.15) is 123 Å². The number of carboxylic acids is 2. The van der Waals surface area contributed by atoms with E-state index in [2.05, 4.69) is 13.8 Å². The fraction of sp³-hybridized carbons (Fsp3) is 0.517. The predicted molar refractivity (Wildman–Crippen MR) is 133 cm³/mol. The second-order valence-electron chi connectivity index (χ2n) is 9.54. The third kappa shape index (κ3) is 5.48. The van der Waals surface area contributed by atoms with Crippen LogP contribution in [0, 0.1) is 0 Å². The largest absolute Gasteiger partial charge is 0.478 e. The van der Waals surface area contributed by atoms with E-state index < -0.39 is 11.9 Å². The van der Waals surface area contributed by atoms with Gasteiger partial charge in [0, 0.05) is 5.41 Å². The van der Waals surface area contributed by atoms with Crippen molar-refractivity contribution in [2.75, 3.05) is 0 Å². The van der Waals surface area contributed by atoms with Crippen LogP contribution in [0.25, 0.3) is 11.1 Å². The summed E-state index contributed by atoms with van der Waals surface area (Å²) in [4.78, 5) is 23.6. The Morgan fingerprint density at radius 2 is 1.03 bits per heavy atom. The van der Waals surface area contributed by atoms with Crippen molar-refractivity contribution in [1.29, 1.82) is 0 Å². The molecule has 3 rings (SSSR count). The van der Waals surface area contributed by atoms with Gasteiger partial charge in [-0.1, -0.05) is 90.2 Å². The molecular weight excluding hydrogens is 412 g/mol. The molecule has 0 amide bonds. The van der Waals surface area contributed by atoms with E-state index in [0.717, 1.165) is 60.8 Å². The number of unbranched alkanes of at least 4 members (excludes halogenated alkanes) is 8. The molecule has 1 aliphatic carbocycles. The Kier molecular flexibility index (Phi) is 8.71. The number of hydrogen-bond donors (Lipinski definition) is 2. The molecule has 0 aromatic heterocycles. The fourth-order valence-corrected chi connectivity index (χ4v) is 5.49. The van der Waals surface area contributed by atoms with Gasteiger partial charge in [0.25, 0.3) is 0 Å². The molecule has 1 aliphatic rings. The van der Waals surface area contributed by atoms with Crippen LogP contribution in [0.5, 0.6) is 0 Å². The van der Waals surface area contributed by atoms with Crippen LogP contribution in [0.3, 0.4) is 0 Å². The van der Waals surface area contributed by atoms with Gasteiger partial charge in [0.15, 0.2) is 0 Å². The lowest BCUT2D eigenvalue weighted by atomic mass is 9.70. The summed E-state index contributed by atoms with van der Waals surface area (Å²) in [6.07, 6.45) is 13.5. The van der Waals surface area contributed by atoms with E-state index in [-0.39, 0.29) is 5.41 Å². The molecule has 0 aliphatic heterocycles. The fourth-order valence-electron chi connectivity index (χ4n) is 5.49. The summed E-state index contributed by atoms with van der Waals surface area (Å²) in [7, 11) is 0. The summed E-state index contributed by atoms with van der Waals surface area (Å²) in [6.45, 7) is 4.42. The lowest BCUT2D eigenvalue weighted by Crippen LogP contribution is -2.26. The monoisotopic (exact) mass is 450 g/mol. The molecule has 2 aromatic carbocycles. The summed E-state index contributed by atoms with van der Waals surface area (Å²) in [5, 5.41) is 19.4. The lowest BCUT2D eigenvalue weighted by molar-refractivity contribution is 0.0686. The Morgan fingerprint density at radius 1 is 0.636 bits per heavy atom. The third-order valence-electron chi connectivity index (χ3n) is 7.27. The molecule has 178 valence electrons. The number of carbonyl (C=O) groups is 2. The van der Waals surface area contributed by atoms with Gasteiger partial charge in [-0.15, -0.1) is 0 Å². The van der Waals surface area contributed by atoms with Gasteiger partial charge >= 0.3 is 11.9 Å². The average molecular weight is 451 g/mol.